The van der Waals surface area contributed by atoms with Crippen LogP contribution in [0.1, 0.15) is 32.3 Å². The molecule has 7 heteroatoms. The topological polar surface area (TPSA) is 70.1 Å². The summed E-state index contributed by atoms with van der Waals surface area (Å²) in [6.45, 7) is 6.37. The first kappa shape index (κ1) is 16.7. The van der Waals surface area contributed by atoms with Gasteiger partial charge in [0.15, 0.2) is 0 Å². The molecule has 24 heavy (non-hydrogen) atoms. The van der Waals surface area contributed by atoms with Crippen LogP contribution in [0.2, 0.25) is 0 Å². The number of urea groups is 1. The van der Waals surface area contributed by atoms with Crippen molar-refractivity contribution in [3.8, 4) is 0 Å². The second-order valence-corrected chi connectivity index (χ2v) is 7.17. The molecule has 2 amide bonds. The molecular formula is C17H23N5OS. The maximum absolute atomic E-state index is 12.1. The van der Waals surface area contributed by atoms with E-state index in [1.54, 1.807) is 0 Å². The van der Waals surface area contributed by atoms with Gasteiger partial charge < -0.3 is 10.2 Å². The molecule has 0 saturated carbocycles. The van der Waals surface area contributed by atoms with Crippen molar-refractivity contribution in [3.63, 3.8) is 0 Å². The van der Waals surface area contributed by atoms with Gasteiger partial charge >= 0.3 is 6.03 Å². The third kappa shape index (κ3) is 4.23. The van der Waals surface area contributed by atoms with Crippen molar-refractivity contribution in [2.75, 3.05) is 28.6 Å². The summed E-state index contributed by atoms with van der Waals surface area (Å²) in [5.74, 6) is 0.674. The normalized spacial score (nSPS) is 17.6. The summed E-state index contributed by atoms with van der Waals surface area (Å²) in [7, 11) is 0. The van der Waals surface area contributed by atoms with Gasteiger partial charge in [-0.3, -0.25) is 5.32 Å². The zero-order chi connectivity index (χ0) is 16.9. The molecule has 1 aliphatic rings. The van der Waals surface area contributed by atoms with Gasteiger partial charge in [0, 0.05) is 18.8 Å². The summed E-state index contributed by atoms with van der Waals surface area (Å²) in [6.07, 6.45) is 3.42. The molecule has 128 valence electrons. The highest BCUT2D eigenvalue weighted by Crippen LogP contribution is 2.28. The summed E-state index contributed by atoms with van der Waals surface area (Å²) >= 11 is 1.42. The van der Waals surface area contributed by atoms with Crippen LogP contribution in [0.5, 0.6) is 0 Å². The van der Waals surface area contributed by atoms with Crippen LogP contribution in [0.3, 0.4) is 0 Å². The first-order chi connectivity index (χ1) is 11.6. The number of piperidine rings is 1. The molecule has 0 bridgehead atoms. The molecule has 1 aliphatic heterocycles. The van der Waals surface area contributed by atoms with E-state index in [-0.39, 0.29) is 6.03 Å². The lowest BCUT2D eigenvalue weighted by Crippen LogP contribution is -2.34. The quantitative estimate of drug-likeness (QED) is 0.879. The number of carbonyl (C=O) groups is 1. The molecule has 2 aromatic rings. The van der Waals surface area contributed by atoms with Crippen LogP contribution < -0.4 is 15.5 Å². The van der Waals surface area contributed by atoms with E-state index < -0.39 is 0 Å². The van der Waals surface area contributed by atoms with Gasteiger partial charge in [-0.1, -0.05) is 37.3 Å². The minimum absolute atomic E-state index is 0.297. The number of hydrogen-bond acceptors (Lipinski definition) is 5. The number of anilines is 3. The fourth-order valence-corrected chi connectivity index (χ4v) is 3.62. The minimum atomic E-state index is -0.297. The van der Waals surface area contributed by atoms with Gasteiger partial charge in [-0.2, -0.15) is 0 Å². The van der Waals surface area contributed by atoms with Crippen molar-refractivity contribution in [3.05, 3.63) is 29.8 Å². The maximum Gasteiger partial charge on any atom is 0.325 e. The Morgan fingerprint density at radius 1 is 1.29 bits per heavy atom. The molecule has 2 heterocycles. The van der Waals surface area contributed by atoms with E-state index in [9.17, 15) is 4.79 Å². The fourth-order valence-electron chi connectivity index (χ4n) is 2.84. The Morgan fingerprint density at radius 2 is 2.08 bits per heavy atom. The molecule has 0 unspecified atom stereocenters. The van der Waals surface area contributed by atoms with Gasteiger partial charge in [-0.25, -0.2) is 4.79 Å². The average molecular weight is 345 g/mol. The van der Waals surface area contributed by atoms with Crippen LogP contribution in [0.25, 0.3) is 0 Å². The van der Waals surface area contributed by atoms with E-state index in [1.807, 2.05) is 24.3 Å². The minimum Gasteiger partial charge on any atom is -0.346 e. The first-order valence-corrected chi connectivity index (χ1v) is 9.21. The van der Waals surface area contributed by atoms with Crippen molar-refractivity contribution in [2.24, 2.45) is 5.92 Å². The molecule has 2 N–H and O–H groups in total. The number of nitrogens with zero attached hydrogens (tertiary/aromatic N) is 3. The Bertz CT molecular complexity index is 685. The molecule has 0 aliphatic carbocycles. The Labute approximate surface area is 146 Å². The van der Waals surface area contributed by atoms with Gasteiger partial charge in [0.25, 0.3) is 0 Å². The van der Waals surface area contributed by atoms with Gasteiger partial charge in [0.2, 0.25) is 10.3 Å². The second kappa shape index (κ2) is 7.61. The summed E-state index contributed by atoms with van der Waals surface area (Å²) in [5, 5.41) is 15.3. The van der Waals surface area contributed by atoms with Gasteiger partial charge in [0.05, 0.1) is 0 Å². The molecule has 1 atom stereocenters. The Balaban J connectivity index is 1.56. The molecular weight excluding hydrogens is 322 g/mol. The lowest BCUT2D eigenvalue weighted by molar-refractivity contribution is 0.262. The third-order valence-corrected chi connectivity index (χ3v) is 5.08. The molecule has 0 spiro atoms. The van der Waals surface area contributed by atoms with Gasteiger partial charge in [-0.15, -0.1) is 10.2 Å². The van der Waals surface area contributed by atoms with Crippen LogP contribution in [-0.2, 0) is 6.42 Å². The highest BCUT2D eigenvalue weighted by Gasteiger charge is 2.20. The number of benzene rings is 1. The van der Waals surface area contributed by atoms with Crippen molar-refractivity contribution < 1.29 is 4.79 Å². The van der Waals surface area contributed by atoms with E-state index in [0.717, 1.165) is 30.3 Å². The van der Waals surface area contributed by atoms with E-state index in [0.29, 0.717) is 11.0 Å². The fraction of sp³-hybridized carbons (Fsp3) is 0.471. The van der Waals surface area contributed by atoms with Crippen molar-refractivity contribution in [2.45, 2.75) is 33.1 Å². The van der Waals surface area contributed by atoms with E-state index in [1.165, 1.54) is 29.7 Å². The zero-order valence-electron chi connectivity index (χ0n) is 14.1. The summed E-state index contributed by atoms with van der Waals surface area (Å²) in [6, 6.07) is 7.53. The number of amides is 2. The number of aryl methyl sites for hydroxylation is 1. The van der Waals surface area contributed by atoms with Crippen LogP contribution in [-0.4, -0.2) is 29.3 Å². The largest absolute Gasteiger partial charge is 0.346 e. The monoisotopic (exact) mass is 345 g/mol. The summed E-state index contributed by atoms with van der Waals surface area (Å²) < 4.78 is 0. The average Bonchev–Trinajstić information content (AvgIpc) is 3.04. The Morgan fingerprint density at radius 3 is 2.79 bits per heavy atom. The molecule has 1 aromatic heterocycles. The Kier molecular flexibility index (Phi) is 5.30. The highest BCUT2D eigenvalue weighted by molar-refractivity contribution is 7.19. The molecule has 6 nitrogen and oxygen atoms in total. The van der Waals surface area contributed by atoms with Crippen molar-refractivity contribution >= 4 is 33.3 Å². The van der Waals surface area contributed by atoms with Gasteiger partial charge in [0.1, 0.15) is 0 Å². The second-order valence-electron chi connectivity index (χ2n) is 6.21. The van der Waals surface area contributed by atoms with Gasteiger partial charge in [-0.05, 0) is 42.9 Å². The highest BCUT2D eigenvalue weighted by atomic mass is 32.1. The number of carbonyl (C=O) groups excluding carboxylic acids is 1. The zero-order valence-corrected chi connectivity index (χ0v) is 14.9. The molecule has 1 aromatic carbocycles. The number of hydrogen-bond donors (Lipinski definition) is 2. The van der Waals surface area contributed by atoms with Crippen LogP contribution >= 0.6 is 11.3 Å². The van der Waals surface area contributed by atoms with E-state index in [4.69, 9.17) is 0 Å². The summed E-state index contributed by atoms with van der Waals surface area (Å²) in [4.78, 5) is 14.3. The van der Waals surface area contributed by atoms with E-state index >= 15 is 0 Å². The standard InChI is InChI=1S/C17H23N5OS/c1-3-13-6-8-14(9-7-13)18-15(23)19-16-20-21-17(24-16)22-10-4-5-12(2)11-22/h6-9,12H,3-5,10-11H2,1-2H3,(H2,18,19,20,23)/t12-/m0/s1. The predicted octanol–water partition coefficient (Wildman–Crippen LogP) is 3.98. The number of rotatable bonds is 4. The lowest BCUT2D eigenvalue weighted by atomic mass is 10.0. The van der Waals surface area contributed by atoms with E-state index in [2.05, 4.69) is 39.6 Å². The maximum atomic E-state index is 12.1. The lowest BCUT2D eigenvalue weighted by Gasteiger charge is -2.29. The smallest absolute Gasteiger partial charge is 0.325 e. The Hall–Kier alpha value is -2.15. The van der Waals surface area contributed by atoms with Crippen molar-refractivity contribution in [1.82, 2.24) is 10.2 Å². The van der Waals surface area contributed by atoms with Crippen molar-refractivity contribution in [1.29, 1.82) is 0 Å². The number of aromatic nitrogens is 2. The van der Waals surface area contributed by atoms with Crippen LogP contribution in [0.4, 0.5) is 20.7 Å². The molecule has 1 fully saturated rings. The summed E-state index contributed by atoms with van der Waals surface area (Å²) in [5.41, 5.74) is 2.00. The SMILES string of the molecule is CCc1ccc(NC(=O)Nc2nnc(N3CCC[C@H](C)C3)s2)cc1. The van der Waals surface area contributed by atoms with Crippen LogP contribution in [0.15, 0.2) is 24.3 Å². The predicted molar refractivity (Wildman–Crippen MR) is 99.0 cm³/mol. The molecule has 3 rings (SSSR count). The number of nitrogens with one attached hydrogen (secondary N) is 2. The van der Waals surface area contributed by atoms with Crippen LogP contribution in [0, 0.1) is 5.92 Å². The first-order valence-electron chi connectivity index (χ1n) is 8.39. The molecule has 1 saturated heterocycles. The molecule has 0 radical (unpaired) electrons. The third-order valence-electron chi connectivity index (χ3n) is 4.18.